The van der Waals surface area contributed by atoms with Crippen LogP contribution in [0, 0.1) is 0 Å². The summed E-state index contributed by atoms with van der Waals surface area (Å²) in [7, 11) is 0. The molecule has 3 heteroatoms. The van der Waals surface area contributed by atoms with E-state index in [4.69, 9.17) is 4.74 Å². The van der Waals surface area contributed by atoms with Crippen LogP contribution >= 0.6 is 0 Å². The number of hydrogen-bond donors (Lipinski definition) is 0. The van der Waals surface area contributed by atoms with Gasteiger partial charge in [-0.15, -0.1) is 0 Å². The monoisotopic (exact) mass is 228 g/mol. The zero-order chi connectivity index (χ0) is 12.4. The molecule has 0 saturated heterocycles. The maximum Gasteiger partial charge on any atom is 0.374 e. The van der Waals surface area contributed by atoms with Gasteiger partial charge in [-0.3, -0.25) is 4.79 Å². The van der Waals surface area contributed by atoms with Crippen molar-refractivity contribution in [1.82, 2.24) is 0 Å². The third kappa shape index (κ3) is 8.45. The van der Waals surface area contributed by atoms with Crippen LogP contribution in [0.4, 0.5) is 0 Å². The highest BCUT2D eigenvalue weighted by Gasteiger charge is 2.15. The van der Waals surface area contributed by atoms with Crippen LogP contribution in [0.3, 0.4) is 0 Å². The fourth-order valence-electron chi connectivity index (χ4n) is 1.45. The van der Waals surface area contributed by atoms with Gasteiger partial charge in [-0.25, -0.2) is 4.79 Å². The van der Waals surface area contributed by atoms with E-state index in [1.165, 1.54) is 19.3 Å². The maximum atomic E-state index is 11.3. The lowest BCUT2D eigenvalue weighted by atomic mass is 10.1. The molecule has 0 N–H and O–H groups in total. The van der Waals surface area contributed by atoms with Gasteiger partial charge >= 0.3 is 5.97 Å². The predicted molar refractivity (Wildman–Crippen MR) is 64.2 cm³/mol. The molecule has 0 heterocycles. The van der Waals surface area contributed by atoms with Gasteiger partial charge in [0.25, 0.3) is 0 Å². The maximum absolute atomic E-state index is 11.3. The third-order valence-corrected chi connectivity index (χ3v) is 2.33. The molecule has 0 amide bonds. The molecule has 0 bridgehead atoms. The number of unbranched alkanes of at least 4 members (excludes halogenated alkanes) is 5. The molecule has 16 heavy (non-hydrogen) atoms. The lowest BCUT2D eigenvalue weighted by Gasteiger charge is -2.06. The van der Waals surface area contributed by atoms with Gasteiger partial charge in [0, 0.05) is 6.42 Å². The molecule has 0 spiro atoms. The van der Waals surface area contributed by atoms with E-state index in [1.54, 1.807) is 13.8 Å². The number of ketones is 1. The molecule has 94 valence electrons. The van der Waals surface area contributed by atoms with Gasteiger partial charge in [0.1, 0.15) is 0 Å². The molecule has 0 aromatic rings. The highest BCUT2D eigenvalue weighted by atomic mass is 16.5. The fraction of sp³-hybridized carbons (Fsp3) is 0.846. The number of Topliss-reactive ketones (excluding diaryl/α,β-unsaturated/α-hetero) is 1. The number of esters is 1. The summed E-state index contributed by atoms with van der Waals surface area (Å²) in [5, 5.41) is 0. The Morgan fingerprint density at radius 2 is 1.56 bits per heavy atom. The van der Waals surface area contributed by atoms with E-state index in [1.807, 2.05) is 0 Å². The first-order chi connectivity index (χ1) is 7.57. The van der Waals surface area contributed by atoms with Crippen molar-refractivity contribution < 1.29 is 14.3 Å². The number of carbonyl (C=O) groups excluding carboxylic acids is 2. The first-order valence-electron chi connectivity index (χ1n) is 6.31. The van der Waals surface area contributed by atoms with E-state index in [-0.39, 0.29) is 11.9 Å². The van der Waals surface area contributed by atoms with Gasteiger partial charge in [0.15, 0.2) is 0 Å². The Morgan fingerprint density at radius 3 is 2.12 bits per heavy atom. The van der Waals surface area contributed by atoms with Gasteiger partial charge in [-0.2, -0.15) is 0 Å². The highest BCUT2D eigenvalue weighted by Crippen LogP contribution is 2.07. The molecule has 0 unspecified atom stereocenters. The van der Waals surface area contributed by atoms with Gasteiger partial charge in [0.2, 0.25) is 5.78 Å². The van der Waals surface area contributed by atoms with Crippen LogP contribution in [-0.2, 0) is 14.3 Å². The molecular formula is C13H24O3. The van der Waals surface area contributed by atoms with E-state index in [9.17, 15) is 9.59 Å². The molecule has 0 aliphatic rings. The quantitative estimate of drug-likeness (QED) is 0.345. The number of ether oxygens (including phenoxy) is 1. The summed E-state index contributed by atoms with van der Waals surface area (Å²) in [4.78, 5) is 22.4. The van der Waals surface area contributed by atoms with Crippen molar-refractivity contribution in [2.24, 2.45) is 0 Å². The van der Waals surface area contributed by atoms with Crippen molar-refractivity contribution in [1.29, 1.82) is 0 Å². The van der Waals surface area contributed by atoms with Gasteiger partial charge in [0.05, 0.1) is 6.10 Å². The van der Waals surface area contributed by atoms with Crippen LogP contribution in [0.1, 0.15) is 65.7 Å². The second kappa shape index (κ2) is 9.37. The van der Waals surface area contributed by atoms with Crippen LogP contribution in [-0.4, -0.2) is 17.9 Å². The van der Waals surface area contributed by atoms with Crippen LogP contribution in [0.5, 0.6) is 0 Å². The van der Waals surface area contributed by atoms with E-state index in [0.29, 0.717) is 6.42 Å². The summed E-state index contributed by atoms with van der Waals surface area (Å²) < 4.78 is 4.82. The normalized spacial score (nSPS) is 10.5. The molecule has 0 saturated carbocycles. The van der Waals surface area contributed by atoms with Crippen molar-refractivity contribution in [2.45, 2.75) is 71.8 Å². The molecule has 3 nitrogen and oxygen atoms in total. The number of carbonyl (C=O) groups is 2. The molecule has 0 rings (SSSR count). The van der Waals surface area contributed by atoms with Crippen LogP contribution in [0.2, 0.25) is 0 Å². The van der Waals surface area contributed by atoms with E-state index >= 15 is 0 Å². The fourth-order valence-corrected chi connectivity index (χ4v) is 1.45. The molecule has 0 aromatic heterocycles. The van der Waals surface area contributed by atoms with E-state index < -0.39 is 5.97 Å². The summed E-state index contributed by atoms with van der Waals surface area (Å²) in [5.41, 5.74) is 0. The molecule has 0 aliphatic carbocycles. The molecule has 0 radical (unpaired) electrons. The standard InChI is InChI=1S/C13H24O3/c1-4-5-6-7-8-9-10-12(14)13(15)16-11(2)3/h11H,4-10H2,1-3H3. The third-order valence-electron chi connectivity index (χ3n) is 2.33. The second-order valence-electron chi connectivity index (χ2n) is 4.40. The molecule has 0 fully saturated rings. The first-order valence-corrected chi connectivity index (χ1v) is 6.31. The minimum absolute atomic E-state index is 0.207. The molecule has 0 aliphatic heterocycles. The summed E-state index contributed by atoms with van der Waals surface area (Å²) >= 11 is 0. The summed E-state index contributed by atoms with van der Waals surface area (Å²) in [6.45, 7) is 5.66. The van der Waals surface area contributed by atoms with Crippen molar-refractivity contribution in [3.8, 4) is 0 Å². The zero-order valence-corrected chi connectivity index (χ0v) is 10.8. The Kier molecular flexibility index (Phi) is 8.87. The average molecular weight is 228 g/mol. The molecule has 0 aromatic carbocycles. The molecule has 0 atom stereocenters. The minimum atomic E-state index is -0.677. The van der Waals surface area contributed by atoms with Crippen LogP contribution < -0.4 is 0 Å². The number of rotatable bonds is 9. The minimum Gasteiger partial charge on any atom is -0.457 e. The molecular weight excluding hydrogens is 204 g/mol. The Morgan fingerprint density at radius 1 is 1.00 bits per heavy atom. The Labute approximate surface area is 98.6 Å². The van der Waals surface area contributed by atoms with Crippen LogP contribution in [0.15, 0.2) is 0 Å². The lowest BCUT2D eigenvalue weighted by molar-refractivity contribution is -0.156. The van der Waals surface area contributed by atoms with Gasteiger partial charge < -0.3 is 4.74 Å². The van der Waals surface area contributed by atoms with Crippen molar-refractivity contribution in [2.75, 3.05) is 0 Å². The van der Waals surface area contributed by atoms with Crippen molar-refractivity contribution in [3.63, 3.8) is 0 Å². The number of hydrogen-bond acceptors (Lipinski definition) is 3. The Balaban J connectivity index is 3.46. The van der Waals surface area contributed by atoms with E-state index in [0.717, 1.165) is 19.3 Å². The highest BCUT2D eigenvalue weighted by molar-refractivity contribution is 6.33. The largest absolute Gasteiger partial charge is 0.457 e. The summed E-state index contributed by atoms with van der Waals surface area (Å²) in [6, 6.07) is 0. The van der Waals surface area contributed by atoms with Gasteiger partial charge in [-0.1, -0.05) is 39.0 Å². The van der Waals surface area contributed by atoms with Crippen LogP contribution in [0.25, 0.3) is 0 Å². The summed E-state index contributed by atoms with van der Waals surface area (Å²) in [5.74, 6) is -1.06. The topological polar surface area (TPSA) is 43.4 Å². The smallest absolute Gasteiger partial charge is 0.374 e. The van der Waals surface area contributed by atoms with Crippen molar-refractivity contribution >= 4 is 11.8 Å². The summed E-state index contributed by atoms with van der Waals surface area (Å²) in [6.07, 6.45) is 6.81. The average Bonchev–Trinajstić information content (AvgIpc) is 2.21. The predicted octanol–water partition coefficient (Wildman–Crippen LogP) is 3.26. The Hall–Kier alpha value is -0.860. The second-order valence-corrected chi connectivity index (χ2v) is 4.40. The SMILES string of the molecule is CCCCCCCCC(=O)C(=O)OC(C)C. The first kappa shape index (κ1) is 15.1. The van der Waals surface area contributed by atoms with Crippen molar-refractivity contribution in [3.05, 3.63) is 0 Å². The van der Waals surface area contributed by atoms with Gasteiger partial charge in [-0.05, 0) is 20.3 Å². The zero-order valence-electron chi connectivity index (χ0n) is 10.8. The van der Waals surface area contributed by atoms with E-state index in [2.05, 4.69) is 6.92 Å². The Bertz CT molecular complexity index is 209. The lowest BCUT2D eigenvalue weighted by Crippen LogP contribution is -2.20.